The molecule has 0 saturated carbocycles. The number of hydrogen-bond donors (Lipinski definition) is 0. The summed E-state index contributed by atoms with van der Waals surface area (Å²) in [5, 5.41) is 0. The zero-order valence-electron chi connectivity index (χ0n) is 25.6. The summed E-state index contributed by atoms with van der Waals surface area (Å²) in [6, 6.07) is 22.3. The molecule has 43 heavy (non-hydrogen) atoms. The van der Waals surface area contributed by atoms with Gasteiger partial charge in [-0.2, -0.15) is 0 Å². The van der Waals surface area contributed by atoms with E-state index >= 15 is 0 Å². The van der Waals surface area contributed by atoms with Gasteiger partial charge >= 0.3 is 5.97 Å². The molecule has 0 N–H and O–H groups in total. The van der Waals surface area contributed by atoms with Crippen LogP contribution in [-0.4, -0.2) is 52.2 Å². The molecule has 0 amide bonds. The highest BCUT2D eigenvalue weighted by Gasteiger charge is 2.20. The molecule has 1 unspecified atom stereocenters. The highest BCUT2D eigenvalue weighted by atomic mass is 16.5. The highest BCUT2D eigenvalue weighted by Crippen LogP contribution is 2.25. The number of hydrogen-bond acceptors (Lipinski definition) is 6. The second-order valence-electron chi connectivity index (χ2n) is 11.6. The summed E-state index contributed by atoms with van der Waals surface area (Å²) in [4.78, 5) is 24.3. The summed E-state index contributed by atoms with van der Waals surface area (Å²) >= 11 is 0. The van der Waals surface area contributed by atoms with Gasteiger partial charge in [0.1, 0.15) is 11.4 Å². The molecular formula is C36H44N4O3. The smallest absolute Gasteiger partial charge is 0.337 e. The first kappa shape index (κ1) is 30.5. The summed E-state index contributed by atoms with van der Waals surface area (Å²) in [7, 11) is 1.40. The van der Waals surface area contributed by atoms with E-state index in [9.17, 15) is 4.79 Å². The van der Waals surface area contributed by atoms with Gasteiger partial charge in [0.05, 0.1) is 31.2 Å². The Morgan fingerprint density at radius 2 is 1.81 bits per heavy atom. The van der Waals surface area contributed by atoms with Crippen molar-refractivity contribution in [3.05, 3.63) is 102 Å². The molecule has 2 aromatic carbocycles. The van der Waals surface area contributed by atoms with Crippen molar-refractivity contribution in [2.75, 3.05) is 26.8 Å². The van der Waals surface area contributed by atoms with Crippen LogP contribution in [0.15, 0.2) is 79.1 Å². The van der Waals surface area contributed by atoms with E-state index in [0.29, 0.717) is 11.3 Å². The van der Waals surface area contributed by atoms with Crippen molar-refractivity contribution < 1.29 is 14.3 Å². The highest BCUT2D eigenvalue weighted by molar-refractivity contribution is 5.90. The summed E-state index contributed by atoms with van der Waals surface area (Å²) in [5.74, 6) is 2.10. The van der Waals surface area contributed by atoms with Crippen LogP contribution in [0.25, 0.3) is 11.5 Å². The van der Waals surface area contributed by atoms with Gasteiger partial charge in [-0.25, -0.2) is 9.78 Å². The average molecular weight is 581 g/mol. The van der Waals surface area contributed by atoms with E-state index < -0.39 is 0 Å². The predicted octanol–water partition coefficient (Wildman–Crippen LogP) is 7.13. The lowest BCUT2D eigenvalue weighted by atomic mass is 9.92. The number of rotatable bonds is 12. The molecule has 4 aromatic rings. The van der Waals surface area contributed by atoms with Crippen molar-refractivity contribution in [1.82, 2.24) is 19.4 Å². The molecule has 0 spiro atoms. The van der Waals surface area contributed by atoms with E-state index in [1.54, 1.807) is 18.3 Å². The SMILES string of the molecule is COC(=O)c1ccnc(-c2ncc(CN3CCCCC(CCCOc4ccccc4)CC3)n2CCc2ccc(C)cc2)c1. The van der Waals surface area contributed by atoms with Crippen LogP contribution in [0.4, 0.5) is 0 Å². The summed E-state index contributed by atoms with van der Waals surface area (Å²) < 4.78 is 13.2. The Morgan fingerprint density at radius 3 is 2.63 bits per heavy atom. The monoisotopic (exact) mass is 580 g/mol. The number of pyridine rings is 1. The molecule has 0 bridgehead atoms. The number of aryl methyl sites for hydroxylation is 2. The topological polar surface area (TPSA) is 69.5 Å². The molecule has 7 heteroatoms. The van der Waals surface area contributed by atoms with Crippen molar-refractivity contribution >= 4 is 5.97 Å². The van der Waals surface area contributed by atoms with Crippen LogP contribution in [-0.2, 0) is 24.2 Å². The Morgan fingerprint density at radius 1 is 0.977 bits per heavy atom. The van der Waals surface area contributed by atoms with Gasteiger partial charge in [-0.1, -0.05) is 60.9 Å². The normalized spacial score (nSPS) is 15.9. The average Bonchev–Trinajstić information content (AvgIpc) is 3.43. The fraction of sp³-hybridized carbons (Fsp3) is 0.417. The molecule has 3 heterocycles. The van der Waals surface area contributed by atoms with Crippen LogP contribution in [0, 0.1) is 12.8 Å². The minimum absolute atomic E-state index is 0.372. The van der Waals surface area contributed by atoms with Gasteiger partial charge in [0.25, 0.3) is 0 Å². The third-order valence-corrected chi connectivity index (χ3v) is 8.44. The van der Waals surface area contributed by atoms with Crippen molar-refractivity contribution in [3.8, 4) is 17.3 Å². The third-order valence-electron chi connectivity index (χ3n) is 8.44. The van der Waals surface area contributed by atoms with Crippen LogP contribution in [0.5, 0.6) is 5.75 Å². The van der Waals surface area contributed by atoms with Gasteiger partial charge in [0.2, 0.25) is 0 Å². The summed E-state index contributed by atoms with van der Waals surface area (Å²) in [6.45, 7) is 6.70. The van der Waals surface area contributed by atoms with E-state index in [2.05, 4.69) is 45.6 Å². The minimum Gasteiger partial charge on any atom is -0.494 e. The number of nitrogens with zero attached hydrogens (tertiary/aromatic N) is 4. The number of benzene rings is 2. The first-order valence-electron chi connectivity index (χ1n) is 15.6. The van der Waals surface area contributed by atoms with E-state index in [0.717, 1.165) is 63.1 Å². The van der Waals surface area contributed by atoms with E-state index in [1.165, 1.54) is 56.0 Å². The number of ether oxygens (including phenoxy) is 2. The lowest BCUT2D eigenvalue weighted by Crippen LogP contribution is -2.30. The number of aromatic nitrogens is 3. The van der Waals surface area contributed by atoms with Crippen LogP contribution >= 0.6 is 0 Å². The number of para-hydroxylation sites is 1. The van der Waals surface area contributed by atoms with Gasteiger partial charge in [-0.15, -0.1) is 0 Å². The molecule has 0 radical (unpaired) electrons. The molecular weight excluding hydrogens is 536 g/mol. The number of carbonyl (C=O) groups excluding carboxylic acids is 1. The Hall–Kier alpha value is -3.97. The molecule has 5 rings (SSSR count). The molecule has 2 aromatic heterocycles. The second-order valence-corrected chi connectivity index (χ2v) is 11.6. The third kappa shape index (κ3) is 8.77. The first-order valence-corrected chi connectivity index (χ1v) is 15.6. The molecule has 1 aliphatic rings. The summed E-state index contributed by atoms with van der Waals surface area (Å²) in [6.07, 6.45) is 11.8. The Bertz CT molecular complexity index is 1430. The Kier molecular flexibility index (Phi) is 11.0. The molecule has 0 aliphatic carbocycles. The lowest BCUT2D eigenvalue weighted by Gasteiger charge is -2.29. The van der Waals surface area contributed by atoms with E-state index in [1.807, 2.05) is 36.5 Å². The maximum absolute atomic E-state index is 12.2. The maximum Gasteiger partial charge on any atom is 0.337 e. The number of likely N-dealkylation sites (tertiary alicyclic amines) is 1. The Balaban J connectivity index is 1.26. The zero-order valence-corrected chi connectivity index (χ0v) is 25.6. The van der Waals surface area contributed by atoms with Gasteiger partial charge in [-0.05, 0) is 87.9 Å². The van der Waals surface area contributed by atoms with Crippen LogP contribution in [0.1, 0.15) is 65.7 Å². The van der Waals surface area contributed by atoms with Crippen LogP contribution in [0.2, 0.25) is 0 Å². The van der Waals surface area contributed by atoms with Crippen molar-refractivity contribution in [3.63, 3.8) is 0 Å². The number of esters is 1. The minimum atomic E-state index is -0.372. The quantitative estimate of drug-likeness (QED) is 0.131. The van der Waals surface area contributed by atoms with Gasteiger partial charge in [-0.3, -0.25) is 9.88 Å². The largest absolute Gasteiger partial charge is 0.494 e. The van der Waals surface area contributed by atoms with Gasteiger partial charge < -0.3 is 14.0 Å². The molecule has 226 valence electrons. The van der Waals surface area contributed by atoms with Crippen molar-refractivity contribution in [1.29, 1.82) is 0 Å². The summed E-state index contributed by atoms with van der Waals surface area (Å²) in [5.41, 5.74) is 4.89. The molecule has 1 aliphatic heterocycles. The molecule has 1 fully saturated rings. The van der Waals surface area contributed by atoms with Gasteiger partial charge in [0.15, 0.2) is 5.82 Å². The van der Waals surface area contributed by atoms with E-state index in [-0.39, 0.29) is 5.97 Å². The van der Waals surface area contributed by atoms with E-state index in [4.69, 9.17) is 14.5 Å². The van der Waals surface area contributed by atoms with Crippen LogP contribution in [0.3, 0.4) is 0 Å². The first-order chi connectivity index (χ1) is 21.1. The van der Waals surface area contributed by atoms with Crippen LogP contribution < -0.4 is 4.74 Å². The fourth-order valence-corrected chi connectivity index (χ4v) is 5.93. The van der Waals surface area contributed by atoms with Gasteiger partial charge in [0, 0.05) is 19.3 Å². The molecule has 1 atom stereocenters. The second kappa shape index (κ2) is 15.5. The number of methoxy groups -OCH3 is 1. The van der Waals surface area contributed by atoms with Crippen molar-refractivity contribution in [2.24, 2.45) is 5.92 Å². The number of imidazole rings is 1. The Labute approximate surface area is 255 Å². The standard InChI is InChI=1S/C36H44N4O3/c1-28-13-15-30(16-14-28)19-23-40-32(26-38-35(40)34-25-31(17-20-37-34)36(41)42-2)27-39-21-7-6-9-29(18-22-39)10-8-24-43-33-11-4-3-5-12-33/h3-5,11-17,20,25-26,29H,6-10,18-19,21-24,27H2,1-2H3. The molecule has 7 nitrogen and oxygen atoms in total. The fourth-order valence-electron chi connectivity index (χ4n) is 5.93. The zero-order chi connectivity index (χ0) is 29.9. The maximum atomic E-state index is 12.2. The molecule has 1 saturated heterocycles. The predicted molar refractivity (Wildman–Crippen MR) is 170 cm³/mol. The number of carbonyl (C=O) groups is 1. The lowest BCUT2D eigenvalue weighted by molar-refractivity contribution is 0.0600. The van der Waals surface area contributed by atoms with Crippen molar-refractivity contribution in [2.45, 2.75) is 65.0 Å².